The van der Waals surface area contributed by atoms with Gasteiger partial charge in [0, 0.05) is 11.3 Å². The summed E-state index contributed by atoms with van der Waals surface area (Å²) in [6, 6.07) is 0.261. The van der Waals surface area contributed by atoms with Gasteiger partial charge in [0.2, 0.25) is 11.8 Å². The van der Waals surface area contributed by atoms with Gasteiger partial charge in [-0.3, -0.25) is 9.59 Å². The van der Waals surface area contributed by atoms with Crippen LogP contribution in [0.15, 0.2) is 0 Å². The highest BCUT2D eigenvalue weighted by molar-refractivity contribution is 7.99. The fourth-order valence-corrected chi connectivity index (χ4v) is 5.05. The second-order valence-corrected chi connectivity index (χ2v) is 7.97. The maximum Gasteiger partial charge on any atom is 0.249 e. The Morgan fingerprint density at radius 3 is 2.70 bits per heavy atom. The van der Waals surface area contributed by atoms with Crippen molar-refractivity contribution in [2.24, 2.45) is 5.92 Å². The summed E-state index contributed by atoms with van der Waals surface area (Å²) in [5.74, 6) is 1.61. The van der Waals surface area contributed by atoms with E-state index in [1.165, 1.54) is 12.8 Å². The van der Waals surface area contributed by atoms with Crippen molar-refractivity contribution < 1.29 is 9.59 Å². The summed E-state index contributed by atoms with van der Waals surface area (Å²) in [5.41, 5.74) is -0.640. The monoisotopic (exact) mass is 296 g/mol. The fourth-order valence-electron chi connectivity index (χ4n) is 3.78. The Labute approximate surface area is 125 Å². The molecule has 0 bridgehead atoms. The minimum Gasteiger partial charge on any atom is -0.340 e. The van der Waals surface area contributed by atoms with E-state index >= 15 is 0 Å². The molecular formula is C15H24N2O2S. The molecule has 3 aliphatic rings. The molecule has 20 heavy (non-hydrogen) atoms. The van der Waals surface area contributed by atoms with Gasteiger partial charge >= 0.3 is 0 Å². The summed E-state index contributed by atoms with van der Waals surface area (Å²) in [6.45, 7) is 4.35. The molecule has 2 aliphatic carbocycles. The normalized spacial score (nSPS) is 38.2. The van der Waals surface area contributed by atoms with E-state index in [4.69, 9.17) is 0 Å². The molecule has 0 aromatic rings. The van der Waals surface area contributed by atoms with Crippen LogP contribution in [0.1, 0.15) is 46.0 Å². The number of amides is 2. The molecule has 1 aliphatic heterocycles. The Morgan fingerprint density at radius 2 is 2.05 bits per heavy atom. The Bertz CT molecular complexity index is 424. The Morgan fingerprint density at radius 1 is 1.30 bits per heavy atom. The molecule has 3 fully saturated rings. The number of hydrogen-bond donors (Lipinski definition) is 1. The first-order valence-corrected chi connectivity index (χ1v) is 8.85. The largest absolute Gasteiger partial charge is 0.340 e. The lowest BCUT2D eigenvalue weighted by atomic mass is 9.90. The maximum absolute atomic E-state index is 12.9. The van der Waals surface area contributed by atoms with Gasteiger partial charge < -0.3 is 10.2 Å². The van der Waals surface area contributed by atoms with Crippen molar-refractivity contribution in [2.45, 2.75) is 62.8 Å². The molecule has 112 valence electrons. The van der Waals surface area contributed by atoms with E-state index in [0.29, 0.717) is 11.2 Å². The third kappa shape index (κ3) is 2.34. The zero-order valence-electron chi connectivity index (χ0n) is 12.4. The van der Waals surface area contributed by atoms with Crippen molar-refractivity contribution in [1.29, 1.82) is 0 Å². The highest BCUT2D eigenvalue weighted by Crippen LogP contribution is 2.43. The molecule has 4 nitrogen and oxygen atoms in total. The van der Waals surface area contributed by atoms with Crippen LogP contribution in [0, 0.1) is 5.92 Å². The number of carbonyl (C=O) groups excluding carboxylic acids is 2. The summed E-state index contributed by atoms with van der Waals surface area (Å²) in [7, 11) is 0. The number of nitrogens with zero attached hydrogens (tertiary/aromatic N) is 1. The van der Waals surface area contributed by atoms with Gasteiger partial charge in [0.15, 0.2) is 0 Å². The third-order valence-electron chi connectivity index (χ3n) is 5.01. The number of thioether (sulfide) groups is 1. The average molecular weight is 296 g/mol. The van der Waals surface area contributed by atoms with Gasteiger partial charge in [0.25, 0.3) is 0 Å². The molecule has 0 aromatic heterocycles. The number of hydrogen-bond acceptors (Lipinski definition) is 3. The topological polar surface area (TPSA) is 49.4 Å². The van der Waals surface area contributed by atoms with E-state index in [9.17, 15) is 9.59 Å². The van der Waals surface area contributed by atoms with Crippen molar-refractivity contribution in [3.8, 4) is 0 Å². The van der Waals surface area contributed by atoms with Crippen molar-refractivity contribution in [3.05, 3.63) is 0 Å². The predicted octanol–water partition coefficient (Wildman–Crippen LogP) is 1.79. The quantitative estimate of drug-likeness (QED) is 0.860. The zero-order valence-corrected chi connectivity index (χ0v) is 13.2. The van der Waals surface area contributed by atoms with Crippen molar-refractivity contribution >= 4 is 23.6 Å². The predicted molar refractivity (Wildman–Crippen MR) is 80.5 cm³/mol. The molecule has 3 atom stereocenters. The Balaban J connectivity index is 1.81. The van der Waals surface area contributed by atoms with Crippen LogP contribution < -0.4 is 5.32 Å². The molecule has 1 heterocycles. The van der Waals surface area contributed by atoms with Crippen LogP contribution in [0.4, 0.5) is 0 Å². The van der Waals surface area contributed by atoms with Crippen LogP contribution in [-0.4, -0.2) is 45.8 Å². The van der Waals surface area contributed by atoms with Crippen LogP contribution >= 0.6 is 11.8 Å². The van der Waals surface area contributed by atoms with Gasteiger partial charge in [0.05, 0.1) is 6.54 Å². The van der Waals surface area contributed by atoms with Crippen molar-refractivity contribution in [3.63, 3.8) is 0 Å². The first-order chi connectivity index (χ1) is 9.56. The molecule has 1 N–H and O–H groups in total. The van der Waals surface area contributed by atoms with E-state index < -0.39 is 5.54 Å². The smallest absolute Gasteiger partial charge is 0.249 e. The van der Waals surface area contributed by atoms with Crippen LogP contribution in [0.2, 0.25) is 0 Å². The molecule has 3 unspecified atom stereocenters. The number of carbonyl (C=O) groups is 2. The van der Waals surface area contributed by atoms with Crippen molar-refractivity contribution in [2.75, 3.05) is 12.3 Å². The Hall–Kier alpha value is -0.710. The number of rotatable bonds is 4. The van der Waals surface area contributed by atoms with Crippen LogP contribution in [0.25, 0.3) is 0 Å². The summed E-state index contributed by atoms with van der Waals surface area (Å²) >= 11 is 1.94. The minimum absolute atomic E-state index is 0.0196. The number of piperazine rings is 1. The standard InChI is InChI=1S/C15H24N2O2S/c1-3-20-12-6-4-5-11(12)17-9-13(18)16-15(2,14(17)19)10-7-8-10/h10-12H,3-9H2,1-2H3,(H,16,18). The molecule has 0 aromatic carbocycles. The second kappa shape index (κ2) is 5.24. The first-order valence-electron chi connectivity index (χ1n) is 7.80. The van der Waals surface area contributed by atoms with E-state index in [-0.39, 0.29) is 24.4 Å². The van der Waals surface area contributed by atoms with Gasteiger partial charge in [-0.05, 0) is 44.3 Å². The SMILES string of the molecule is CCSC1CCCC1N1CC(=O)NC(C)(C2CC2)C1=O. The van der Waals surface area contributed by atoms with Crippen LogP contribution in [-0.2, 0) is 9.59 Å². The molecule has 0 radical (unpaired) electrons. The van der Waals surface area contributed by atoms with E-state index in [1.807, 2.05) is 23.6 Å². The molecule has 1 saturated heterocycles. The summed E-state index contributed by atoms with van der Waals surface area (Å²) < 4.78 is 0. The lowest BCUT2D eigenvalue weighted by Gasteiger charge is -2.44. The Kier molecular flexibility index (Phi) is 3.73. The van der Waals surface area contributed by atoms with Crippen LogP contribution in [0.3, 0.4) is 0 Å². The van der Waals surface area contributed by atoms with Gasteiger partial charge in [0.1, 0.15) is 5.54 Å². The van der Waals surface area contributed by atoms with Crippen molar-refractivity contribution in [1.82, 2.24) is 10.2 Å². The molecule has 5 heteroatoms. The average Bonchev–Trinajstić information content (AvgIpc) is 3.17. The minimum atomic E-state index is -0.640. The summed E-state index contributed by atoms with van der Waals surface area (Å²) in [4.78, 5) is 26.9. The lowest BCUT2D eigenvalue weighted by molar-refractivity contribution is -0.152. The van der Waals surface area contributed by atoms with Gasteiger partial charge in [-0.1, -0.05) is 13.3 Å². The molecule has 2 saturated carbocycles. The third-order valence-corrected chi connectivity index (χ3v) is 6.32. The fraction of sp³-hybridized carbons (Fsp3) is 0.867. The molecule has 2 amide bonds. The second-order valence-electron chi connectivity index (χ2n) is 6.45. The van der Waals surface area contributed by atoms with Gasteiger partial charge in [-0.15, -0.1) is 0 Å². The summed E-state index contributed by atoms with van der Waals surface area (Å²) in [5, 5.41) is 3.48. The molecule has 0 spiro atoms. The highest BCUT2D eigenvalue weighted by atomic mass is 32.2. The van der Waals surface area contributed by atoms with E-state index in [1.54, 1.807) is 0 Å². The number of nitrogens with one attached hydrogen (secondary N) is 1. The van der Waals surface area contributed by atoms with Gasteiger partial charge in [-0.2, -0.15) is 11.8 Å². The van der Waals surface area contributed by atoms with E-state index in [2.05, 4.69) is 12.2 Å². The first kappa shape index (κ1) is 14.2. The lowest BCUT2D eigenvalue weighted by Crippen LogP contribution is -2.68. The van der Waals surface area contributed by atoms with E-state index in [0.717, 1.165) is 25.0 Å². The highest BCUT2D eigenvalue weighted by Gasteiger charge is 2.54. The van der Waals surface area contributed by atoms with Crippen LogP contribution in [0.5, 0.6) is 0 Å². The summed E-state index contributed by atoms with van der Waals surface area (Å²) in [6.07, 6.45) is 5.53. The zero-order chi connectivity index (χ0) is 14.3. The maximum atomic E-state index is 12.9. The molecular weight excluding hydrogens is 272 g/mol. The molecule has 3 rings (SSSR count). The van der Waals surface area contributed by atoms with Gasteiger partial charge in [-0.25, -0.2) is 0 Å².